The Balaban J connectivity index is 1.87. The van der Waals surface area contributed by atoms with E-state index >= 15 is 0 Å². The van der Waals surface area contributed by atoms with Gasteiger partial charge in [0.15, 0.2) is 15.5 Å². The first-order valence-electron chi connectivity index (χ1n) is 10.1. The molecule has 2 aromatic heterocycles. The summed E-state index contributed by atoms with van der Waals surface area (Å²) in [4.78, 5) is 17.9. The number of hydrogen-bond acceptors (Lipinski definition) is 6. The molecule has 0 saturated carbocycles. The second-order valence-corrected chi connectivity index (χ2v) is 10.4. The molecule has 1 aromatic carbocycles. The third-order valence-corrected chi connectivity index (χ3v) is 5.63. The lowest BCUT2D eigenvalue weighted by Gasteiger charge is -2.13. The van der Waals surface area contributed by atoms with E-state index in [4.69, 9.17) is 9.72 Å². The van der Waals surface area contributed by atoms with Gasteiger partial charge in [0.25, 0.3) is 5.91 Å². The number of rotatable bonds is 8. The molecular weight excluding hydrogens is 416 g/mol. The van der Waals surface area contributed by atoms with Crippen molar-refractivity contribution in [3.63, 3.8) is 0 Å². The molecule has 0 aliphatic heterocycles. The van der Waals surface area contributed by atoms with Crippen LogP contribution < -0.4 is 10.1 Å². The zero-order valence-electron chi connectivity index (χ0n) is 18.4. The SMILES string of the molecule is CC(C)c1cc(C(=O)Nc2cccc(OCCS(C)(=O)=O)c2)c2cnn(C(C)C)c2n1. The number of aromatic nitrogens is 3. The average Bonchev–Trinajstić information content (AvgIpc) is 3.10. The van der Waals surface area contributed by atoms with Crippen molar-refractivity contribution in [2.24, 2.45) is 0 Å². The largest absolute Gasteiger partial charge is 0.492 e. The molecule has 0 aliphatic rings. The van der Waals surface area contributed by atoms with Crippen molar-refractivity contribution in [1.82, 2.24) is 14.8 Å². The number of carbonyl (C=O) groups is 1. The van der Waals surface area contributed by atoms with Crippen LogP contribution in [0.5, 0.6) is 5.75 Å². The van der Waals surface area contributed by atoms with E-state index < -0.39 is 9.84 Å². The van der Waals surface area contributed by atoms with E-state index in [9.17, 15) is 13.2 Å². The van der Waals surface area contributed by atoms with Gasteiger partial charge in [0.1, 0.15) is 12.4 Å². The number of fused-ring (bicyclic) bond motifs is 1. The number of sulfone groups is 1. The Bertz CT molecular complexity index is 1200. The Hall–Kier alpha value is -2.94. The minimum atomic E-state index is -3.10. The number of ether oxygens (including phenoxy) is 1. The number of anilines is 1. The van der Waals surface area contributed by atoms with Crippen LogP contribution in [-0.4, -0.2) is 47.7 Å². The van der Waals surface area contributed by atoms with E-state index in [0.29, 0.717) is 28.0 Å². The van der Waals surface area contributed by atoms with Crippen molar-refractivity contribution in [2.45, 2.75) is 39.7 Å². The number of carbonyl (C=O) groups excluding carboxylic acids is 1. The average molecular weight is 445 g/mol. The smallest absolute Gasteiger partial charge is 0.256 e. The summed E-state index contributed by atoms with van der Waals surface area (Å²) in [6.45, 7) is 8.15. The first kappa shape index (κ1) is 22.7. The molecule has 2 heterocycles. The highest BCUT2D eigenvalue weighted by Crippen LogP contribution is 2.26. The predicted molar refractivity (Wildman–Crippen MR) is 122 cm³/mol. The van der Waals surface area contributed by atoms with Gasteiger partial charge < -0.3 is 10.1 Å². The van der Waals surface area contributed by atoms with Gasteiger partial charge in [0.2, 0.25) is 0 Å². The molecule has 1 amide bonds. The second kappa shape index (κ2) is 9.05. The normalized spacial score (nSPS) is 12.0. The molecule has 0 unspecified atom stereocenters. The summed E-state index contributed by atoms with van der Waals surface area (Å²) < 4.78 is 29.9. The van der Waals surface area contributed by atoms with Gasteiger partial charge in [-0.25, -0.2) is 18.1 Å². The molecule has 0 radical (unpaired) electrons. The van der Waals surface area contributed by atoms with Crippen molar-refractivity contribution in [1.29, 1.82) is 0 Å². The highest BCUT2D eigenvalue weighted by atomic mass is 32.2. The summed E-state index contributed by atoms with van der Waals surface area (Å²) in [5.74, 6) is 0.289. The molecule has 31 heavy (non-hydrogen) atoms. The van der Waals surface area contributed by atoms with Crippen LogP contribution in [0.3, 0.4) is 0 Å². The van der Waals surface area contributed by atoms with Crippen LogP contribution in [0.1, 0.15) is 55.7 Å². The quantitative estimate of drug-likeness (QED) is 0.567. The first-order valence-corrected chi connectivity index (χ1v) is 12.2. The van der Waals surface area contributed by atoms with Crippen LogP contribution in [0, 0.1) is 0 Å². The van der Waals surface area contributed by atoms with E-state index in [0.717, 1.165) is 11.9 Å². The number of hydrogen-bond donors (Lipinski definition) is 1. The zero-order valence-corrected chi connectivity index (χ0v) is 19.2. The molecular formula is C22H28N4O4S. The zero-order chi connectivity index (χ0) is 22.8. The molecule has 1 N–H and O–H groups in total. The molecule has 0 atom stereocenters. The second-order valence-electron chi connectivity index (χ2n) is 8.13. The van der Waals surface area contributed by atoms with Gasteiger partial charge in [0, 0.05) is 29.7 Å². The predicted octanol–water partition coefficient (Wildman–Crippen LogP) is 3.81. The van der Waals surface area contributed by atoms with Crippen LogP contribution in [-0.2, 0) is 9.84 Å². The Labute approximate surface area is 182 Å². The lowest BCUT2D eigenvalue weighted by atomic mass is 10.0. The lowest BCUT2D eigenvalue weighted by Crippen LogP contribution is -2.15. The minimum absolute atomic E-state index is 0.0490. The van der Waals surface area contributed by atoms with Crippen LogP contribution in [0.25, 0.3) is 11.0 Å². The number of amides is 1. The van der Waals surface area contributed by atoms with E-state index in [1.54, 1.807) is 36.5 Å². The highest BCUT2D eigenvalue weighted by molar-refractivity contribution is 7.90. The topological polar surface area (TPSA) is 103 Å². The molecule has 0 aliphatic carbocycles. The maximum atomic E-state index is 13.1. The maximum Gasteiger partial charge on any atom is 0.256 e. The van der Waals surface area contributed by atoms with Gasteiger partial charge in [-0.3, -0.25) is 4.79 Å². The summed E-state index contributed by atoms with van der Waals surface area (Å²) in [7, 11) is -3.10. The molecule has 9 heteroatoms. The summed E-state index contributed by atoms with van der Waals surface area (Å²) in [6, 6.07) is 8.79. The van der Waals surface area contributed by atoms with Crippen LogP contribution in [0.2, 0.25) is 0 Å². The van der Waals surface area contributed by atoms with E-state index in [1.807, 2.05) is 32.4 Å². The van der Waals surface area contributed by atoms with Gasteiger partial charge in [0.05, 0.1) is 22.9 Å². The van der Waals surface area contributed by atoms with E-state index in [2.05, 4.69) is 10.4 Å². The van der Waals surface area contributed by atoms with Crippen molar-refractivity contribution in [3.8, 4) is 5.75 Å². The standard InChI is InChI=1S/C22H28N4O4S/c1-14(2)20-12-18(19-13-23-26(15(3)4)21(19)25-20)22(27)24-16-7-6-8-17(11-16)30-9-10-31(5,28)29/h6-8,11-15H,9-10H2,1-5H3,(H,24,27). The minimum Gasteiger partial charge on any atom is -0.492 e. The van der Waals surface area contributed by atoms with Gasteiger partial charge in [-0.1, -0.05) is 19.9 Å². The van der Waals surface area contributed by atoms with Crippen LogP contribution >= 0.6 is 0 Å². The number of pyridine rings is 1. The fraction of sp³-hybridized carbons (Fsp3) is 0.409. The van der Waals surface area contributed by atoms with Gasteiger partial charge in [-0.15, -0.1) is 0 Å². The Kier molecular flexibility index (Phi) is 6.64. The fourth-order valence-corrected chi connectivity index (χ4v) is 3.46. The number of nitrogens with zero attached hydrogens (tertiary/aromatic N) is 3. The number of nitrogens with one attached hydrogen (secondary N) is 1. The van der Waals surface area contributed by atoms with E-state index in [-0.39, 0.29) is 30.2 Å². The van der Waals surface area contributed by atoms with Crippen LogP contribution in [0.15, 0.2) is 36.5 Å². The molecule has 0 spiro atoms. The van der Waals surface area contributed by atoms with Crippen molar-refractivity contribution in [2.75, 3.05) is 23.9 Å². The monoisotopic (exact) mass is 444 g/mol. The molecule has 3 aromatic rings. The summed E-state index contributed by atoms with van der Waals surface area (Å²) in [5, 5.41) is 8.01. The molecule has 0 bridgehead atoms. The lowest BCUT2D eigenvalue weighted by molar-refractivity contribution is 0.102. The third-order valence-electron chi connectivity index (χ3n) is 4.73. The summed E-state index contributed by atoms with van der Waals surface area (Å²) in [6.07, 6.45) is 2.83. The number of benzene rings is 1. The molecule has 8 nitrogen and oxygen atoms in total. The highest BCUT2D eigenvalue weighted by Gasteiger charge is 2.19. The Morgan fingerprint density at radius 2 is 1.94 bits per heavy atom. The van der Waals surface area contributed by atoms with Gasteiger partial charge in [-0.2, -0.15) is 5.10 Å². The molecule has 3 rings (SSSR count). The molecule has 166 valence electrons. The van der Waals surface area contributed by atoms with Gasteiger partial charge in [-0.05, 0) is 38.0 Å². The van der Waals surface area contributed by atoms with Crippen LogP contribution in [0.4, 0.5) is 5.69 Å². The third kappa shape index (κ3) is 5.61. The Morgan fingerprint density at radius 1 is 1.19 bits per heavy atom. The summed E-state index contributed by atoms with van der Waals surface area (Å²) >= 11 is 0. The van der Waals surface area contributed by atoms with E-state index in [1.165, 1.54) is 0 Å². The summed E-state index contributed by atoms with van der Waals surface area (Å²) in [5.41, 5.74) is 2.56. The van der Waals surface area contributed by atoms with Gasteiger partial charge >= 0.3 is 0 Å². The molecule has 0 fully saturated rings. The Morgan fingerprint density at radius 3 is 2.58 bits per heavy atom. The van der Waals surface area contributed by atoms with Crippen molar-refractivity contribution in [3.05, 3.63) is 47.8 Å². The first-order chi connectivity index (χ1) is 14.5. The molecule has 0 saturated heterocycles. The van der Waals surface area contributed by atoms with Crippen molar-refractivity contribution >= 4 is 32.5 Å². The fourth-order valence-electron chi connectivity index (χ4n) is 3.07. The maximum absolute atomic E-state index is 13.1. The van der Waals surface area contributed by atoms with Crippen molar-refractivity contribution < 1.29 is 17.9 Å².